The summed E-state index contributed by atoms with van der Waals surface area (Å²) in [7, 11) is 0. The van der Waals surface area contributed by atoms with Gasteiger partial charge in [-0.05, 0) is 42.9 Å². The van der Waals surface area contributed by atoms with Gasteiger partial charge in [0.2, 0.25) is 0 Å². The Bertz CT molecular complexity index is 984. The SMILES string of the molecule is Cc1c[nH]c(=O)c2c(C(=O)NC3CCc4ccccc4C3)c[nH]c12. The van der Waals surface area contributed by atoms with Crippen LogP contribution in [0.3, 0.4) is 0 Å². The molecule has 0 aliphatic heterocycles. The number of fused-ring (bicyclic) bond motifs is 2. The zero-order chi connectivity index (χ0) is 16.7. The number of aromatic nitrogens is 2. The van der Waals surface area contributed by atoms with Crippen LogP contribution in [0.25, 0.3) is 10.9 Å². The molecule has 3 aromatic rings. The molecule has 1 aliphatic rings. The smallest absolute Gasteiger partial charge is 0.258 e. The molecule has 5 nitrogen and oxygen atoms in total. The molecule has 1 atom stereocenters. The van der Waals surface area contributed by atoms with Gasteiger partial charge in [-0.15, -0.1) is 0 Å². The van der Waals surface area contributed by atoms with E-state index in [0.717, 1.165) is 30.3 Å². The first-order valence-electron chi connectivity index (χ1n) is 8.20. The van der Waals surface area contributed by atoms with Gasteiger partial charge < -0.3 is 15.3 Å². The lowest BCUT2D eigenvalue weighted by atomic mass is 9.88. The largest absolute Gasteiger partial charge is 0.360 e. The summed E-state index contributed by atoms with van der Waals surface area (Å²) in [6, 6.07) is 8.45. The molecule has 1 unspecified atom stereocenters. The van der Waals surface area contributed by atoms with E-state index in [9.17, 15) is 9.59 Å². The van der Waals surface area contributed by atoms with Crippen LogP contribution in [-0.2, 0) is 12.8 Å². The second-order valence-corrected chi connectivity index (χ2v) is 6.44. The van der Waals surface area contributed by atoms with Gasteiger partial charge in [-0.3, -0.25) is 9.59 Å². The first-order chi connectivity index (χ1) is 11.6. The number of nitrogens with one attached hydrogen (secondary N) is 3. The number of benzene rings is 1. The van der Waals surface area contributed by atoms with Gasteiger partial charge in [0, 0.05) is 18.4 Å². The quantitative estimate of drug-likeness (QED) is 0.678. The Balaban J connectivity index is 1.60. The maximum atomic E-state index is 12.7. The van der Waals surface area contributed by atoms with Crippen LogP contribution >= 0.6 is 0 Å². The molecule has 1 amide bonds. The minimum absolute atomic E-state index is 0.0984. The Hall–Kier alpha value is -2.82. The molecule has 2 aromatic heterocycles. The van der Waals surface area contributed by atoms with Gasteiger partial charge in [0.05, 0.1) is 16.5 Å². The summed E-state index contributed by atoms with van der Waals surface area (Å²) in [5.41, 5.74) is 4.46. The van der Waals surface area contributed by atoms with Crippen molar-refractivity contribution >= 4 is 16.8 Å². The van der Waals surface area contributed by atoms with Crippen LogP contribution in [0, 0.1) is 6.92 Å². The molecule has 3 N–H and O–H groups in total. The van der Waals surface area contributed by atoms with E-state index in [2.05, 4.69) is 33.5 Å². The molecule has 24 heavy (non-hydrogen) atoms. The fourth-order valence-corrected chi connectivity index (χ4v) is 3.55. The van der Waals surface area contributed by atoms with Crippen molar-refractivity contribution in [1.82, 2.24) is 15.3 Å². The van der Waals surface area contributed by atoms with Crippen molar-refractivity contribution in [2.45, 2.75) is 32.2 Å². The van der Waals surface area contributed by atoms with E-state index in [1.807, 2.05) is 13.0 Å². The van der Waals surface area contributed by atoms with Crippen LogP contribution in [0.1, 0.15) is 33.5 Å². The minimum Gasteiger partial charge on any atom is -0.360 e. The summed E-state index contributed by atoms with van der Waals surface area (Å²) in [4.78, 5) is 30.5. The highest BCUT2D eigenvalue weighted by Gasteiger charge is 2.22. The van der Waals surface area contributed by atoms with Crippen LogP contribution in [0.4, 0.5) is 0 Å². The van der Waals surface area contributed by atoms with Gasteiger partial charge in [0.25, 0.3) is 11.5 Å². The summed E-state index contributed by atoms with van der Waals surface area (Å²) < 4.78 is 0. The maximum absolute atomic E-state index is 12.7. The zero-order valence-electron chi connectivity index (χ0n) is 13.5. The third-order valence-corrected chi connectivity index (χ3v) is 4.85. The number of pyridine rings is 1. The molecule has 1 aromatic carbocycles. The highest BCUT2D eigenvalue weighted by molar-refractivity contribution is 6.07. The number of hydrogen-bond donors (Lipinski definition) is 3. The van der Waals surface area contributed by atoms with E-state index in [1.165, 1.54) is 11.1 Å². The van der Waals surface area contributed by atoms with Crippen molar-refractivity contribution in [3.8, 4) is 0 Å². The van der Waals surface area contributed by atoms with Gasteiger partial charge in [-0.25, -0.2) is 0 Å². The lowest BCUT2D eigenvalue weighted by Crippen LogP contribution is -2.39. The molecular formula is C19H19N3O2. The van der Waals surface area contributed by atoms with Crippen molar-refractivity contribution in [3.63, 3.8) is 0 Å². The number of hydrogen-bond acceptors (Lipinski definition) is 2. The topological polar surface area (TPSA) is 77.8 Å². The van der Waals surface area contributed by atoms with E-state index in [-0.39, 0.29) is 17.5 Å². The second kappa shape index (κ2) is 5.67. The van der Waals surface area contributed by atoms with Crippen LogP contribution in [0.5, 0.6) is 0 Å². The van der Waals surface area contributed by atoms with Gasteiger partial charge >= 0.3 is 0 Å². The summed E-state index contributed by atoms with van der Waals surface area (Å²) in [6.07, 6.45) is 5.99. The maximum Gasteiger partial charge on any atom is 0.258 e. The van der Waals surface area contributed by atoms with Crippen molar-refractivity contribution in [1.29, 1.82) is 0 Å². The van der Waals surface area contributed by atoms with E-state index in [4.69, 9.17) is 0 Å². The molecule has 2 heterocycles. The molecule has 5 heteroatoms. The average molecular weight is 321 g/mol. The van der Waals surface area contributed by atoms with E-state index >= 15 is 0 Å². The van der Waals surface area contributed by atoms with Crippen LogP contribution in [0.15, 0.2) is 41.5 Å². The predicted octanol–water partition coefficient (Wildman–Crippen LogP) is 2.45. The molecular weight excluding hydrogens is 302 g/mol. The minimum atomic E-state index is -0.240. The monoisotopic (exact) mass is 321 g/mol. The Morgan fingerprint density at radius 2 is 1.96 bits per heavy atom. The summed E-state index contributed by atoms with van der Waals surface area (Å²) in [6.45, 7) is 1.90. The molecule has 0 saturated heterocycles. The molecule has 0 spiro atoms. The van der Waals surface area contributed by atoms with Crippen molar-refractivity contribution < 1.29 is 4.79 Å². The number of aromatic amines is 2. The summed E-state index contributed by atoms with van der Waals surface area (Å²) >= 11 is 0. The van der Waals surface area contributed by atoms with E-state index in [1.54, 1.807) is 12.4 Å². The zero-order valence-corrected chi connectivity index (χ0v) is 13.5. The lowest BCUT2D eigenvalue weighted by molar-refractivity contribution is 0.0935. The Kier molecular flexibility index (Phi) is 3.49. The third kappa shape index (κ3) is 2.42. The number of carbonyl (C=O) groups is 1. The van der Waals surface area contributed by atoms with Gasteiger partial charge in [-0.1, -0.05) is 24.3 Å². The first kappa shape index (κ1) is 14.8. The van der Waals surface area contributed by atoms with Crippen LogP contribution in [-0.4, -0.2) is 21.9 Å². The van der Waals surface area contributed by atoms with E-state index in [0.29, 0.717) is 10.9 Å². The number of amides is 1. The lowest BCUT2D eigenvalue weighted by Gasteiger charge is -2.25. The average Bonchev–Trinajstić information content (AvgIpc) is 3.05. The molecule has 0 saturated carbocycles. The van der Waals surface area contributed by atoms with Crippen molar-refractivity contribution in [3.05, 3.63) is 69.3 Å². The molecule has 122 valence electrons. The summed E-state index contributed by atoms with van der Waals surface area (Å²) in [5, 5.41) is 3.52. The molecule has 0 bridgehead atoms. The van der Waals surface area contributed by atoms with Crippen LogP contribution in [0.2, 0.25) is 0 Å². The van der Waals surface area contributed by atoms with Gasteiger partial charge in [0.1, 0.15) is 0 Å². The highest BCUT2D eigenvalue weighted by atomic mass is 16.2. The number of rotatable bonds is 2. The normalized spacial score (nSPS) is 16.8. The van der Waals surface area contributed by atoms with E-state index < -0.39 is 0 Å². The predicted molar refractivity (Wildman–Crippen MR) is 93.4 cm³/mol. The highest BCUT2D eigenvalue weighted by Crippen LogP contribution is 2.22. The fourth-order valence-electron chi connectivity index (χ4n) is 3.55. The third-order valence-electron chi connectivity index (χ3n) is 4.85. The fraction of sp³-hybridized carbons (Fsp3) is 0.263. The molecule has 4 rings (SSSR count). The Labute approximate surface area is 139 Å². The van der Waals surface area contributed by atoms with Crippen molar-refractivity contribution in [2.24, 2.45) is 0 Å². The van der Waals surface area contributed by atoms with Gasteiger partial charge in [0.15, 0.2) is 0 Å². The number of carbonyl (C=O) groups excluding carboxylic acids is 1. The second-order valence-electron chi connectivity index (χ2n) is 6.44. The van der Waals surface area contributed by atoms with Gasteiger partial charge in [-0.2, -0.15) is 0 Å². The Morgan fingerprint density at radius 3 is 2.79 bits per heavy atom. The number of aryl methyl sites for hydroxylation is 2. The number of H-pyrrole nitrogens is 2. The summed E-state index contributed by atoms with van der Waals surface area (Å²) in [5.74, 6) is -0.193. The molecule has 0 fully saturated rings. The standard InChI is InChI=1S/C19H19N3O2/c1-11-9-21-19(24)16-15(10-20-17(11)16)18(23)22-14-7-6-12-4-2-3-5-13(12)8-14/h2-5,9-10,14,20H,6-8H2,1H3,(H,21,24)(H,22,23). The van der Waals surface area contributed by atoms with Crippen molar-refractivity contribution in [2.75, 3.05) is 0 Å². The molecule has 1 aliphatic carbocycles. The van der Waals surface area contributed by atoms with Crippen LogP contribution < -0.4 is 10.9 Å². The first-order valence-corrected chi connectivity index (χ1v) is 8.20. The Morgan fingerprint density at radius 1 is 1.17 bits per heavy atom. The molecule has 0 radical (unpaired) electrons.